The molecule has 6 nitrogen and oxygen atoms in total. The Bertz CT molecular complexity index is 611. The lowest BCUT2D eigenvalue weighted by molar-refractivity contribution is -0.119. The molecule has 6 heteroatoms. The fourth-order valence-corrected chi connectivity index (χ4v) is 3.53. The van der Waals surface area contributed by atoms with Gasteiger partial charge in [-0.1, -0.05) is 19.3 Å². The Morgan fingerprint density at radius 1 is 1.29 bits per heavy atom. The van der Waals surface area contributed by atoms with Crippen LogP contribution in [0.2, 0.25) is 0 Å². The molecule has 0 spiro atoms. The molecule has 1 saturated carbocycles. The minimum Gasteiger partial charge on any atom is -0.370 e. The molecule has 0 aromatic carbocycles. The van der Waals surface area contributed by atoms with Gasteiger partial charge in [0.05, 0.1) is 17.8 Å². The van der Waals surface area contributed by atoms with Gasteiger partial charge in [0.15, 0.2) is 0 Å². The van der Waals surface area contributed by atoms with Crippen molar-refractivity contribution in [2.45, 2.75) is 45.6 Å². The Morgan fingerprint density at radius 3 is 2.83 bits per heavy atom. The molecule has 0 radical (unpaired) electrons. The minimum atomic E-state index is -0.0773. The molecule has 1 aliphatic heterocycles. The van der Waals surface area contributed by atoms with Crippen molar-refractivity contribution in [1.29, 1.82) is 0 Å². The molecule has 3 rings (SSSR count). The van der Waals surface area contributed by atoms with E-state index in [1.54, 1.807) is 4.90 Å². The average molecular weight is 330 g/mol. The highest BCUT2D eigenvalue weighted by Gasteiger charge is 2.28. The lowest BCUT2D eigenvalue weighted by atomic mass is 9.89. The predicted molar refractivity (Wildman–Crippen MR) is 92.7 cm³/mol. The lowest BCUT2D eigenvalue weighted by Gasteiger charge is -2.22. The molecule has 1 aromatic rings. The molecular formula is C18H26N4O2. The van der Waals surface area contributed by atoms with Gasteiger partial charge in [-0.2, -0.15) is 0 Å². The van der Waals surface area contributed by atoms with Gasteiger partial charge in [-0.05, 0) is 30.9 Å². The van der Waals surface area contributed by atoms with Gasteiger partial charge in [0.25, 0.3) is 5.91 Å². The number of anilines is 1. The van der Waals surface area contributed by atoms with Crippen LogP contribution in [0.4, 0.5) is 5.82 Å². The van der Waals surface area contributed by atoms with Gasteiger partial charge in [0.1, 0.15) is 5.82 Å². The Hall–Kier alpha value is -2.11. The summed E-state index contributed by atoms with van der Waals surface area (Å²) in [5, 5.41) is 6.16. The summed E-state index contributed by atoms with van der Waals surface area (Å²) in [6, 6.07) is 3.77. The van der Waals surface area contributed by atoms with Gasteiger partial charge in [0.2, 0.25) is 5.91 Å². The Labute approximate surface area is 143 Å². The summed E-state index contributed by atoms with van der Waals surface area (Å²) in [6.07, 6.45) is 6.63. The third kappa shape index (κ3) is 4.04. The number of hydrogen-bond donors (Lipinski definition) is 2. The first-order valence-corrected chi connectivity index (χ1v) is 8.91. The lowest BCUT2D eigenvalue weighted by Crippen LogP contribution is -2.34. The quantitative estimate of drug-likeness (QED) is 0.838. The van der Waals surface area contributed by atoms with Crippen LogP contribution in [0.3, 0.4) is 0 Å². The van der Waals surface area contributed by atoms with E-state index in [0.717, 1.165) is 24.0 Å². The predicted octanol–water partition coefficient (Wildman–Crippen LogP) is 2.17. The van der Waals surface area contributed by atoms with Crippen LogP contribution >= 0.6 is 0 Å². The molecule has 0 saturated heterocycles. The summed E-state index contributed by atoms with van der Waals surface area (Å²) in [7, 11) is 0. The first-order valence-electron chi connectivity index (χ1n) is 8.91. The van der Waals surface area contributed by atoms with Gasteiger partial charge in [0, 0.05) is 26.6 Å². The molecule has 2 aliphatic rings. The van der Waals surface area contributed by atoms with E-state index in [-0.39, 0.29) is 11.8 Å². The molecule has 24 heavy (non-hydrogen) atoms. The van der Waals surface area contributed by atoms with E-state index in [2.05, 4.69) is 15.6 Å². The average Bonchev–Trinajstić information content (AvgIpc) is 2.89. The van der Waals surface area contributed by atoms with Crippen LogP contribution in [-0.4, -0.2) is 41.3 Å². The largest absolute Gasteiger partial charge is 0.370 e. The number of carbonyl (C=O) groups excluding carboxylic acids is 2. The fourth-order valence-electron chi connectivity index (χ4n) is 3.53. The summed E-state index contributed by atoms with van der Waals surface area (Å²) >= 11 is 0. The molecule has 1 aromatic heterocycles. The van der Waals surface area contributed by atoms with Gasteiger partial charge >= 0.3 is 0 Å². The number of nitrogens with zero attached hydrogens (tertiary/aromatic N) is 2. The first-order chi connectivity index (χ1) is 11.6. The molecule has 2 N–H and O–H groups in total. The second-order valence-corrected chi connectivity index (χ2v) is 6.79. The van der Waals surface area contributed by atoms with E-state index in [1.807, 2.05) is 12.1 Å². The number of fused-ring (bicyclic) bond motifs is 1. The molecule has 0 bridgehead atoms. The van der Waals surface area contributed by atoms with Crippen LogP contribution in [0.15, 0.2) is 12.1 Å². The smallest absolute Gasteiger partial charge is 0.256 e. The summed E-state index contributed by atoms with van der Waals surface area (Å²) in [5.41, 5.74) is 1.51. The van der Waals surface area contributed by atoms with Crippen molar-refractivity contribution >= 4 is 17.6 Å². The Kier molecular flexibility index (Phi) is 5.33. The van der Waals surface area contributed by atoms with Gasteiger partial charge in [-0.3, -0.25) is 9.59 Å². The number of amides is 2. The maximum Gasteiger partial charge on any atom is 0.256 e. The van der Waals surface area contributed by atoms with E-state index < -0.39 is 0 Å². The van der Waals surface area contributed by atoms with Crippen molar-refractivity contribution in [3.8, 4) is 0 Å². The van der Waals surface area contributed by atoms with E-state index in [0.29, 0.717) is 25.2 Å². The van der Waals surface area contributed by atoms with E-state index >= 15 is 0 Å². The first kappa shape index (κ1) is 16.7. The second kappa shape index (κ2) is 7.64. The number of carbonyl (C=O) groups is 2. The molecule has 0 atom stereocenters. The maximum absolute atomic E-state index is 12.3. The van der Waals surface area contributed by atoms with Crippen LogP contribution in [0.1, 0.15) is 55.1 Å². The van der Waals surface area contributed by atoms with E-state index in [9.17, 15) is 9.59 Å². The highest BCUT2D eigenvalue weighted by atomic mass is 16.2. The zero-order valence-electron chi connectivity index (χ0n) is 14.3. The van der Waals surface area contributed by atoms with Crippen LogP contribution in [0.25, 0.3) is 0 Å². The standard InChI is InChI=1S/C18H26N4O2/c1-13(23)19-9-10-22-12-16-15(18(22)24)7-8-17(21-16)20-11-14-5-3-2-4-6-14/h7-8,14H,2-6,9-12H2,1H3,(H,19,23)(H,20,21). The molecule has 130 valence electrons. The molecule has 2 amide bonds. The molecule has 2 heterocycles. The monoisotopic (exact) mass is 330 g/mol. The van der Waals surface area contributed by atoms with E-state index in [4.69, 9.17) is 0 Å². The zero-order valence-corrected chi connectivity index (χ0v) is 14.3. The number of rotatable bonds is 6. The number of nitrogens with one attached hydrogen (secondary N) is 2. The minimum absolute atomic E-state index is 0.00156. The Balaban J connectivity index is 1.55. The summed E-state index contributed by atoms with van der Waals surface area (Å²) in [6.45, 7) is 3.95. The van der Waals surface area contributed by atoms with Crippen molar-refractivity contribution in [1.82, 2.24) is 15.2 Å². The highest BCUT2D eigenvalue weighted by Crippen LogP contribution is 2.25. The van der Waals surface area contributed by atoms with Crippen molar-refractivity contribution in [2.75, 3.05) is 25.0 Å². The molecule has 0 unspecified atom stereocenters. The Morgan fingerprint density at radius 2 is 2.08 bits per heavy atom. The number of aromatic nitrogens is 1. The van der Waals surface area contributed by atoms with Crippen molar-refractivity contribution < 1.29 is 9.59 Å². The normalized spacial score (nSPS) is 17.7. The molecular weight excluding hydrogens is 304 g/mol. The number of hydrogen-bond acceptors (Lipinski definition) is 4. The van der Waals surface area contributed by atoms with E-state index in [1.165, 1.54) is 39.0 Å². The molecule has 1 aliphatic carbocycles. The zero-order chi connectivity index (χ0) is 16.9. The van der Waals surface area contributed by atoms with Crippen LogP contribution in [-0.2, 0) is 11.3 Å². The van der Waals surface area contributed by atoms with Crippen LogP contribution in [0, 0.1) is 5.92 Å². The number of pyridine rings is 1. The van der Waals surface area contributed by atoms with Gasteiger partial charge in [-0.15, -0.1) is 0 Å². The summed E-state index contributed by atoms with van der Waals surface area (Å²) in [5.74, 6) is 1.52. The van der Waals surface area contributed by atoms with Crippen molar-refractivity contribution in [2.24, 2.45) is 5.92 Å². The molecule has 1 fully saturated rings. The summed E-state index contributed by atoms with van der Waals surface area (Å²) < 4.78 is 0. The topological polar surface area (TPSA) is 74.3 Å². The highest BCUT2D eigenvalue weighted by molar-refractivity contribution is 5.98. The second-order valence-electron chi connectivity index (χ2n) is 6.79. The third-order valence-electron chi connectivity index (χ3n) is 4.88. The van der Waals surface area contributed by atoms with Crippen LogP contribution < -0.4 is 10.6 Å². The SMILES string of the molecule is CC(=O)NCCN1Cc2nc(NCC3CCCCC3)ccc2C1=O. The van der Waals surface area contributed by atoms with Crippen molar-refractivity contribution in [3.63, 3.8) is 0 Å². The van der Waals surface area contributed by atoms with Crippen LogP contribution in [0.5, 0.6) is 0 Å². The third-order valence-corrected chi connectivity index (χ3v) is 4.88. The van der Waals surface area contributed by atoms with Gasteiger partial charge in [-0.25, -0.2) is 4.98 Å². The summed E-state index contributed by atoms with van der Waals surface area (Å²) in [4.78, 5) is 29.6. The van der Waals surface area contributed by atoms with Crippen molar-refractivity contribution in [3.05, 3.63) is 23.4 Å². The maximum atomic E-state index is 12.3. The fraction of sp³-hybridized carbons (Fsp3) is 0.611. The van der Waals surface area contributed by atoms with Gasteiger partial charge < -0.3 is 15.5 Å².